The summed E-state index contributed by atoms with van der Waals surface area (Å²) in [5.41, 5.74) is 3.70. The van der Waals surface area contributed by atoms with Crippen LogP contribution in [0.2, 0.25) is 0 Å². The average molecular weight is 485 g/mol. The number of rotatable bonds is 9. The van der Waals surface area contributed by atoms with Gasteiger partial charge >= 0.3 is 11.9 Å². The molecule has 1 N–H and O–H groups in total. The van der Waals surface area contributed by atoms with Gasteiger partial charge in [0, 0.05) is 12.0 Å². The second kappa shape index (κ2) is 10.3. The second-order valence-corrected chi connectivity index (χ2v) is 12.6. The van der Waals surface area contributed by atoms with Crippen LogP contribution >= 0.6 is 0 Å². The Labute approximate surface area is 213 Å². The third kappa shape index (κ3) is 4.79. The molecule has 35 heavy (non-hydrogen) atoms. The van der Waals surface area contributed by atoms with Crippen molar-refractivity contribution in [3.05, 3.63) is 35.5 Å². The van der Waals surface area contributed by atoms with Gasteiger partial charge < -0.3 is 9.84 Å². The van der Waals surface area contributed by atoms with E-state index in [0.29, 0.717) is 35.7 Å². The Morgan fingerprint density at radius 3 is 2.49 bits per heavy atom. The highest BCUT2D eigenvalue weighted by atomic mass is 16.5. The average Bonchev–Trinajstić information content (AvgIpc) is 3.08. The summed E-state index contributed by atoms with van der Waals surface area (Å²) in [6.07, 6.45) is 13.5. The van der Waals surface area contributed by atoms with Crippen LogP contribution in [0.3, 0.4) is 0 Å². The van der Waals surface area contributed by atoms with Crippen molar-refractivity contribution in [1.29, 1.82) is 0 Å². The number of carbonyl (C=O) groups is 2. The summed E-state index contributed by atoms with van der Waals surface area (Å²) >= 11 is 0. The van der Waals surface area contributed by atoms with E-state index in [-0.39, 0.29) is 22.2 Å². The second-order valence-electron chi connectivity index (χ2n) is 12.6. The molecule has 7 unspecified atom stereocenters. The summed E-state index contributed by atoms with van der Waals surface area (Å²) in [6.45, 7) is 18.0. The Kier molecular flexibility index (Phi) is 8.13. The number of allylic oxidation sites excluding steroid dienone is 4. The van der Waals surface area contributed by atoms with Gasteiger partial charge in [0.15, 0.2) is 0 Å². The molecule has 0 aromatic carbocycles. The van der Waals surface area contributed by atoms with Crippen molar-refractivity contribution in [2.45, 2.75) is 99.3 Å². The molecule has 4 nitrogen and oxygen atoms in total. The first-order valence-corrected chi connectivity index (χ1v) is 13.6. The lowest BCUT2D eigenvalue weighted by molar-refractivity contribution is -0.141. The number of aliphatic carboxylic acids is 1. The van der Waals surface area contributed by atoms with Gasteiger partial charge in [-0.15, -0.1) is 0 Å². The molecule has 0 amide bonds. The van der Waals surface area contributed by atoms with Crippen LogP contribution in [-0.2, 0) is 14.3 Å². The number of hydrogen-bond donors (Lipinski definition) is 1. The largest absolute Gasteiger partial charge is 0.478 e. The van der Waals surface area contributed by atoms with Crippen molar-refractivity contribution in [1.82, 2.24) is 0 Å². The number of ether oxygens (including phenoxy) is 1. The van der Waals surface area contributed by atoms with Crippen molar-refractivity contribution >= 4 is 11.9 Å². The van der Waals surface area contributed by atoms with Gasteiger partial charge in [-0.2, -0.15) is 0 Å². The standard InChI is InChI=1S/C31H48O4/c1-20(2)23-12-13-26-25(29(23,5)17-16-27(32)35-8)15-19-30(6)24(14-18-31(26,30)7)21(3)10-9-11-22(4)28(33)34/h11,15,21,23-24,26H,1,9-10,12-14,16-19H2,2-8H3,(H,33,34)/b22-11+. The summed E-state index contributed by atoms with van der Waals surface area (Å²) in [5.74, 6) is 1.22. The van der Waals surface area contributed by atoms with E-state index in [4.69, 9.17) is 4.74 Å². The maximum Gasteiger partial charge on any atom is 0.330 e. The molecule has 0 saturated heterocycles. The highest BCUT2D eigenvalue weighted by molar-refractivity contribution is 5.85. The predicted octanol–water partition coefficient (Wildman–Crippen LogP) is 7.75. The Morgan fingerprint density at radius 2 is 1.89 bits per heavy atom. The highest BCUT2D eigenvalue weighted by Gasteiger charge is 2.63. The molecule has 3 rings (SSSR count). The molecule has 4 heteroatoms. The fraction of sp³-hybridized carbons (Fsp3) is 0.742. The van der Waals surface area contributed by atoms with Crippen molar-refractivity contribution in [3.63, 3.8) is 0 Å². The van der Waals surface area contributed by atoms with Crippen molar-refractivity contribution in [3.8, 4) is 0 Å². The van der Waals surface area contributed by atoms with Crippen LogP contribution in [0.25, 0.3) is 0 Å². The van der Waals surface area contributed by atoms with E-state index in [0.717, 1.165) is 32.1 Å². The van der Waals surface area contributed by atoms with Crippen LogP contribution in [0.1, 0.15) is 99.3 Å². The van der Waals surface area contributed by atoms with Crippen LogP contribution in [-0.4, -0.2) is 24.2 Å². The van der Waals surface area contributed by atoms with Crippen molar-refractivity contribution in [2.24, 2.45) is 39.9 Å². The van der Waals surface area contributed by atoms with E-state index in [1.165, 1.54) is 31.9 Å². The Balaban J connectivity index is 1.88. The van der Waals surface area contributed by atoms with Crippen molar-refractivity contribution in [2.75, 3.05) is 7.11 Å². The van der Waals surface area contributed by atoms with E-state index in [9.17, 15) is 14.7 Å². The quantitative estimate of drug-likeness (QED) is 0.206. The fourth-order valence-electron chi connectivity index (χ4n) is 8.54. The summed E-state index contributed by atoms with van der Waals surface area (Å²) in [7, 11) is 1.48. The van der Waals surface area contributed by atoms with Gasteiger partial charge in [-0.1, -0.05) is 57.6 Å². The summed E-state index contributed by atoms with van der Waals surface area (Å²) in [5, 5.41) is 9.17. The number of carbonyl (C=O) groups excluding carboxylic acids is 1. The normalized spacial score (nSPS) is 37.6. The molecular weight excluding hydrogens is 436 g/mol. The molecule has 3 aliphatic carbocycles. The maximum absolute atomic E-state index is 12.1. The monoisotopic (exact) mass is 484 g/mol. The minimum Gasteiger partial charge on any atom is -0.478 e. The maximum atomic E-state index is 12.1. The summed E-state index contributed by atoms with van der Waals surface area (Å²) in [6, 6.07) is 0. The molecule has 0 aromatic rings. The van der Waals surface area contributed by atoms with Crippen LogP contribution in [0, 0.1) is 39.9 Å². The Bertz CT molecular complexity index is 913. The van der Waals surface area contributed by atoms with E-state index in [2.05, 4.69) is 47.3 Å². The zero-order valence-electron chi connectivity index (χ0n) is 23.2. The molecule has 0 heterocycles. The Hall–Kier alpha value is -1.84. The third-order valence-electron chi connectivity index (χ3n) is 10.9. The minimum atomic E-state index is -0.816. The van der Waals surface area contributed by atoms with Crippen LogP contribution in [0.15, 0.2) is 35.5 Å². The van der Waals surface area contributed by atoms with Crippen LogP contribution < -0.4 is 0 Å². The van der Waals surface area contributed by atoms with Crippen molar-refractivity contribution < 1.29 is 19.4 Å². The summed E-state index contributed by atoms with van der Waals surface area (Å²) < 4.78 is 5.01. The van der Waals surface area contributed by atoms with E-state index in [1.54, 1.807) is 12.5 Å². The fourth-order valence-corrected chi connectivity index (χ4v) is 8.54. The molecule has 0 bridgehead atoms. The third-order valence-corrected chi connectivity index (χ3v) is 10.9. The number of hydrogen-bond acceptors (Lipinski definition) is 3. The van der Waals surface area contributed by atoms with Crippen LogP contribution in [0.4, 0.5) is 0 Å². The van der Waals surface area contributed by atoms with Gasteiger partial charge in [0.25, 0.3) is 0 Å². The molecule has 196 valence electrons. The molecule has 0 aromatic heterocycles. The number of carboxylic acid groups (broad SMARTS) is 1. The molecule has 7 atom stereocenters. The van der Waals surface area contributed by atoms with Crippen LogP contribution in [0.5, 0.6) is 0 Å². The number of carboxylic acids is 1. The SMILES string of the molecule is C=C(C)C1CCC2C(=CCC3(C)C(C(C)CC/C=C(\C)C(=O)O)CCC23C)C1(C)CCC(=O)OC. The van der Waals surface area contributed by atoms with E-state index >= 15 is 0 Å². The molecule has 3 aliphatic rings. The first-order chi connectivity index (χ1) is 16.3. The number of methoxy groups -OCH3 is 1. The summed E-state index contributed by atoms with van der Waals surface area (Å²) in [4.78, 5) is 23.3. The highest BCUT2D eigenvalue weighted by Crippen LogP contribution is 2.71. The molecule has 0 aliphatic heterocycles. The first-order valence-electron chi connectivity index (χ1n) is 13.6. The number of esters is 1. The van der Waals surface area contributed by atoms with Gasteiger partial charge in [0.1, 0.15) is 0 Å². The zero-order valence-corrected chi connectivity index (χ0v) is 23.2. The first kappa shape index (κ1) is 27.7. The molecule has 2 fully saturated rings. The van der Waals surface area contributed by atoms with E-state index in [1.807, 2.05) is 6.08 Å². The Morgan fingerprint density at radius 1 is 1.20 bits per heavy atom. The lowest BCUT2D eigenvalue weighted by Crippen LogP contribution is -2.52. The lowest BCUT2D eigenvalue weighted by atomic mass is 9.44. The number of fused-ring (bicyclic) bond motifs is 3. The van der Waals surface area contributed by atoms with Gasteiger partial charge in [-0.25, -0.2) is 4.79 Å². The molecule has 0 radical (unpaired) electrons. The zero-order chi connectivity index (χ0) is 26.2. The van der Waals surface area contributed by atoms with Gasteiger partial charge in [0.2, 0.25) is 0 Å². The smallest absolute Gasteiger partial charge is 0.330 e. The molecule has 0 spiro atoms. The predicted molar refractivity (Wildman–Crippen MR) is 142 cm³/mol. The topological polar surface area (TPSA) is 63.6 Å². The van der Waals surface area contributed by atoms with Gasteiger partial charge in [0.05, 0.1) is 7.11 Å². The molecular formula is C31H48O4. The lowest BCUT2D eigenvalue weighted by Gasteiger charge is -2.60. The van der Waals surface area contributed by atoms with E-state index < -0.39 is 5.97 Å². The van der Waals surface area contributed by atoms with Gasteiger partial charge in [-0.3, -0.25) is 4.79 Å². The van der Waals surface area contributed by atoms with Gasteiger partial charge in [-0.05, 0) is 105 Å². The minimum absolute atomic E-state index is 0.0455. The molecule has 2 saturated carbocycles.